The number of aromatic nitrogens is 5. The van der Waals surface area contributed by atoms with E-state index in [2.05, 4.69) is 26.9 Å². The van der Waals surface area contributed by atoms with Gasteiger partial charge in [0.05, 0.1) is 5.75 Å². The summed E-state index contributed by atoms with van der Waals surface area (Å²) in [4.78, 5) is 4.15. The van der Waals surface area contributed by atoms with Crippen LogP contribution >= 0.6 is 11.8 Å². The van der Waals surface area contributed by atoms with Crippen LogP contribution in [0.4, 0.5) is 4.39 Å². The number of rotatable bonds is 8. The second-order valence-electron chi connectivity index (χ2n) is 5.04. The highest BCUT2D eigenvalue weighted by Gasteiger charge is 2.14. The first-order valence-corrected chi connectivity index (χ1v) is 8.48. The molecule has 0 aliphatic carbocycles. The lowest BCUT2D eigenvalue weighted by Gasteiger charge is -2.09. The Kier molecular flexibility index (Phi) is 5.44. The van der Waals surface area contributed by atoms with Crippen LogP contribution < -0.4 is 4.74 Å². The number of nitrogens with zero attached hydrogens (tertiary/aromatic N) is 5. The molecule has 0 bridgehead atoms. The molecule has 0 saturated carbocycles. The van der Waals surface area contributed by atoms with Crippen LogP contribution in [0.3, 0.4) is 0 Å². The molecule has 0 atom stereocenters. The minimum atomic E-state index is -0.418. The lowest BCUT2D eigenvalue weighted by atomic mass is 10.3. The van der Waals surface area contributed by atoms with Gasteiger partial charge >= 0.3 is 0 Å². The van der Waals surface area contributed by atoms with Gasteiger partial charge in [-0.2, -0.15) is 4.98 Å². The molecule has 0 aliphatic heterocycles. The minimum Gasteiger partial charge on any atom is -0.483 e. The lowest BCUT2D eigenvalue weighted by Crippen LogP contribution is -2.08. The molecule has 0 spiro atoms. The summed E-state index contributed by atoms with van der Waals surface area (Å²) in [6.45, 7) is 6.11. The first kappa shape index (κ1) is 17.2. The van der Waals surface area contributed by atoms with Crippen LogP contribution in [0.25, 0.3) is 0 Å². The van der Waals surface area contributed by atoms with Crippen LogP contribution in [0, 0.1) is 12.7 Å². The summed E-state index contributed by atoms with van der Waals surface area (Å²) in [6.07, 6.45) is 1.73. The number of hydrogen-bond acceptors (Lipinski definition) is 7. The lowest BCUT2D eigenvalue weighted by molar-refractivity contribution is 0.275. The van der Waals surface area contributed by atoms with Gasteiger partial charge in [-0.1, -0.05) is 35.1 Å². The zero-order valence-corrected chi connectivity index (χ0v) is 14.4. The normalized spacial score (nSPS) is 10.8. The summed E-state index contributed by atoms with van der Waals surface area (Å²) >= 11 is 1.41. The van der Waals surface area contributed by atoms with E-state index in [-0.39, 0.29) is 12.4 Å². The molecule has 9 heteroatoms. The fourth-order valence-corrected chi connectivity index (χ4v) is 2.88. The van der Waals surface area contributed by atoms with Crippen molar-refractivity contribution in [3.05, 3.63) is 60.3 Å². The van der Waals surface area contributed by atoms with Gasteiger partial charge < -0.3 is 9.26 Å². The molecular formula is C16H16FN5O2S. The molecule has 2 heterocycles. The van der Waals surface area contributed by atoms with Crippen LogP contribution in [0.1, 0.15) is 17.5 Å². The number of allylic oxidation sites excluding steroid dienone is 1. The van der Waals surface area contributed by atoms with Crippen molar-refractivity contribution >= 4 is 11.8 Å². The second kappa shape index (κ2) is 7.93. The van der Waals surface area contributed by atoms with Crippen molar-refractivity contribution in [2.75, 3.05) is 0 Å². The molecule has 1 aromatic carbocycles. The highest BCUT2D eigenvalue weighted by Crippen LogP contribution is 2.22. The molecule has 0 unspecified atom stereocenters. The molecule has 2 aromatic heterocycles. The molecule has 0 saturated heterocycles. The quantitative estimate of drug-likeness (QED) is 0.450. The summed E-state index contributed by atoms with van der Waals surface area (Å²) in [7, 11) is 0. The third-order valence-electron chi connectivity index (χ3n) is 3.19. The third-order valence-corrected chi connectivity index (χ3v) is 4.14. The fourth-order valence-electron chi connectivity index (χ4n) is 2.07. The van der Waals surface area contributed by atoms with Crippen molar-refractivity contribution < 1.29 is 13.7 Å². The van der Waals surface area contributed by atoms with Crippen molar-refractivity contribution in [3.63, 3.8) is 0 Å². The summed E-state index contributed by atoms with van der Waals surface area (Å²) in [5.41, 5.74) is 0. The molecule has 0 aliphatic rings. The minimum absolute atomic E-state index is 0.0992. The van der Waals surface area contributed by atoms with Crippen molar-refractivity contribution in [2.24, 2.45) is 0 Å². The van der Waals surface area contributed by atoms with Crippen LogP contribution in [0.5, 0.6) is 5.75 Å². The Balaban J connectivity index is 1.70. The SMILES string of the molecule is C=CCn1c(COc2ccccc2F)nnc1SCc1nc(C)no1. The monoisotopic (exact) mass is 361 g/mol. The first-order valence-electron chi connectivity index (χ1n) is 7.49. The summed E-state index contributed by atoms with van der Waals surface area (Å²) in [5.74, 6) is 1.91. The summed E-state index contributed by atoms with van der Waals surface area (Å²) < 4.78 is 26.1. The van der Waals surface area contributed by atoms with Gasteiger partial charge in [0.15, 0.2) is 28.4 Å². The maximum Gasteiger partial charge on any atom is 0.237 e. The Bertz CT molecular complexity index is 864. The molecule has 0 fully saturated rings. The van der Waals surface area contributed by atoms with Gasteiger partial charge in [0.1, 0.15) is 6.61 Å². The predicted octanol–water partition coefficient (Wildman–Crippen LogP) is 3.17. The van der Waals surface area contributed by atoms with Crippen molar-refractivity contribution in [2.45, 2.75) is 31.0 Å². The van der Waals surface area contributed by atoms with E-state index in [1.165, 1.54) is 17.8 Å². The van der Waals surface area contributed by atoms with Gasteiger partial charge in [0, 0.05) is 6.54 Å². The van der Waals surface area contributed by atoms with E-state index in [9.17, 15) is 4.39 Å². The molecule has 0 N–H and O–H groups in total. The molecule has 25 heavy (non-hydrogen) atoms. The number of ether oxygens (including phenoxy) is 1. The van der Waals surface area contributed by atoms with E-state index in [0.717, 1.165) is 0 Å². The third kappa shape index (κ3) is 4.24. The molecule has 0 amide bonds. The number of para-hydroxylation sites is 1. The highest BCUT2D eigenvalue weighted by molar-refractivity contribution is 7.98. The summed E-state index contributed by atoms with van der Waals surface area (Å²) in [6, 6.07) is 6.23. The Hall–Kier alpha value is -2.68. The van der Waals surface area contributed by atoms with Crippen LogP contribution in [-0.2, 0) is 18.9 Å². The number of thioether (sulfide) groups is 1. The Morgan fingerprint density at radius 1 is 1.36 bits per heavy atom. The highest BCUT2D eigenvalue weighted by atomic mass is 32.2. The molecule has 3 aromatic rings. The number of hydrogen-bond donors (Lipinski definition) is 0. The zero-order chi connectivity index (χ0) is 17.6. The average Bonchev–Trinajstić information content (AvgIpc) is 3.19. The number of aryl methyl sites for hydroxylation is 1. The maximum atomic E-state index is 13.6. The van der Waals surface area contributed by atoms with Crippen molar-refractivity contribution in [3.8, 4) is 5.75 Å². The van der Waals surface area contributed by atoms with E-state index < -0.39 is 5.82 Å². The molecule has 3 rings (SSSR count). The first-order chi connectivity index (χ1) is 12.2. The van der Waals surface area contributed by atoms with Gasteiger partial charge in [0.2, 0.25) is 5.89 Å². The standard InChI is InChI=1S/C16H16FN5O2S/c1-3-8-22-14(9-23-13-7-5-4-6-12(13)17)19-20-16(22)25-10-15-18-11(2)21-24-15/h3-7H,1,8-10H2,2H3. The van der Waals surface area contributed by atoms with Crippen LogP contribution in [0.2, 0.25) is 0 Å². The topological polar surface area (TPSA) is 78.9 Å². The van der Waals surface area contributed by atoms with Gasteiger partial charge in [0.25, 0.3) is 0 Å². The van der Waals surface area contributed by atoms with Gasteiger partial charge in [-0.25, -0.2) is 4.39 Å². The van der Waals surface area contributed by atoms with Crippen LogP contribution in [-0.4, -0.2) is 24.9 Å². The largest absolute Gasteiger partial charge is 0.483 e. The fraction of sp³-hybridized carbons (Fsp3) is 0.250. The molecule has 0 radical (unpaired) electrons. The smallest absolute Gasteiger partial charge is 0.237 e. The summed E-state index contributed by atoms with van der Waals surface area (Å²) in [5, 5.41) is 12.7. The van der Waals surface area contributed by atoms with E-state index in [1.807, 2.05) is 4.57 Å². The van der Waals surface area contributed by atoms with E-state index in [0.29, 0.717) is 35.0 Å². The van der Waals surface area contributed by atoms with E-state index in [4.69, 9.17) is 9.26 Å². The zero-order valence-electron chi connectivity index (χ0n) is 13.6. The van der Waals surface area contributed by atoms with E-state index >= 15 is 0 Å². The van der Waals surface area contributed by atoms with Gasteiger partial charge in [-0.05, 0) is 19.1 Å². The number of halogens is 1. The maximum absolute atomic E-state index is 13.6. The molecule has 7 nitrogen and oxygen atoms in total. The molecule has 130 valence electrons. The second-order valence-corrected chi connectivity index (χ2v) is 5.98. The van der Waals surface area contributed by atoms with Crippen molar-refractivity contribution in [1.82, 2.24) is 24.9 Å². The van der Waals surface area contributed by atoms with E-state index in [1.54, 1.807) is 31.2 Å². The Morgan fingerprint density at radius 3 is 2.92 bits per heavy atom. The van der Waals surface area contributed by atoms with Gasteiger partial charge in [-0.3, -0.25) is 4.57 Å². The van der Waals surface area contributed by atoms with Gasteiger partial charge in [-0.15, -0.1) is 16.8 Å². The molecular weight excluding hydrogens is 345 g/mol. The predicted molar refractivity (Wildman–Crippen MR) is 89.5 cm³/mol. The Labute approximate surface area is 147 Å². The number of benzene rings is 1. The van der Waals surface area contributed by atoms with Crippen LogP contribution in [0.15, 0.2) is 46.6 Å². The van der Waals surface area contributed by atoms with Crippen molar-refractivity contribution in [1.29, 1.82) is 0 Å². The average molecular weight is 361 g/mol. The Morgan fingerprint density at radius 2 is 2.20 bits per heavy atom.